The lowest BCUT2D eigenvalue weighted by molar-refractivity contribution is -0.390. The molecule has 1 amide bonds. The number of aromatic nitrogens is 4. The molecule has 0 bridgehead atoms. The van der Waals surface area contributed by atoms with Crippen molar-refractivity contribution >= 4 is 56.7 Å². The molecule has 0 aliphatic carbocycles. The highest BCUT2D eigenvalue weighted by Gasteiger charge is 2.19. The van der Waals surface area contributed by atoms with Gasteiger partial charge in [-0.1, -0.05) is 41.4 Å². The van der Waals surface area contributed by atoms with Gasteiger partial charge in [-0.05, 0) is 32.5 Å². The number of nitro groups is 1. The quantitative estimate of drug-likeness (QED) is 0.398. The molecule has 0 saturated heterocycles. The Labute approximate surface area is 177 Å². The third-order valence-corrected chi connectivity index (χ3v) is 4.91. The Morgan fingerprint density at radius 2 is 1.93 bits per heavy atom. The van der Waals surface area contributed by atoms with E-state index in [0.717, 1.165) is 5.56 Å². The predicted molar refractivity (Wildman–Crippen MR) is 108 cm³/mol. The number of aryl methyl sites for hydroxylation is 1. The van der Waals surface area contributed by atoms with Crippen molar-refractivity contribution in [2.75, 3.05) is 5.32 Å². The van der Waals surface area contributed by atoms with Crippen LogP contribution in [0.2, 0.25) is 10.0 Å². The Bertz CT molecular complexity index is 1040. The molecule has 2 heterocycles. The second-order valence-corrected chi connectivity index (χ2v) is 7.40. The van der Waals surface area contributed by atoms with E-state index in [9.17, 15) is 14.9 Å². The van der Waals surface area contributed by atoms with Gasteiger partial charge in [-0.2, -0.15) is 9.78 Å². The second kappa shape index (κ2) is 8.72. The minimum atomic E-state index is -0.605. The molecule has 0 spiro atoms. The molecule has 1 aromatic carbocycles. The summed E-state index contributed by atoms with van der Waals surface area (Å²) in [4.78, 5) is 22.3. The predicted octanol–water partition coefficient (Wildman–Crippen LogP) is 4.13. The maximum absolute atomic E-state index is 12.2. The van der Waals surface area contributed by atoms with Crippen LogP contribution in [0.25, 0.3) is 0 Å². The van der Waals surface area contributed by atoms with E-state index in [0.29, 0.717) is 11.6 Å². The summed E-state index contributed by atoms with van der Waals surface area (Å²) in [5.41, 5.74) is 0.868. The summed E-state index contributed by atoms with van der Waals surface area (Å²) in [7, 11) is 0. The van der Waals surface area contributed by atoms with Crippen LogP contribution in [0.4, 0.5) is 11.6 Å². The van der Waals surface area contributed by atoms with Crippen molar-refractivity contribution in [3.05, 3.63) is 66.9 Å². The molecule has 28 heavy (non-hydrogen) atoms. The van der Waals surface area contributed by atoms with Crippen LogP contribution >= 0.6 is 39.1 Å². The molecule has 3 aromatic rings. The maximum Gasteiger partial charge on any atom is 0.404 e. The van der Waals surface area contributed by atoms with Gasteiger partial charge in [0.1, 0.15) is 9.50 Å². The average molecular weight is 488 g/mol. The van der Waals surface area contributed by atoms with Crippen molar-refractivity contribution in [1.82, 2.24) is 19.6 Å². The fourth-order valence-electron chi connectivity index (χ4n) is 2.40. The number of hydrogen-bond donors (Lipinski definition) is 1. The molecule has 0 atom stereocenters. The number of nitrogens with one attached hydrogen (secondary N) is 1. The van der Waals surface area contributed by atoms with Crippen molar-refractivity contribution in [3.63, 3.8) is 0 Å². The highest BCUT2D eigenvalue weighted by atomic mass is 79.9. The molecule has 0 saturated carbocycles. The summed E-state index contributed by atoms with van der Waals surface area (Å²) >= 11 is 15.3. The van der Waals surface area contributed by atoms with Gasteiger partial charge in [0.25, 0.3) is 0 Å². The van der Waals surface area contributed by atoms with Crippen LogP contribution in [0.15, 0.2) is 41.1 Å². The zero-order valence-corrected chi connectivity index (χ0v) is 17.3. The minimum Gasteiger partial charge on any atom is -0.358 e. The number of carbonyl (C=O) groups is 1. The van der Waals surface area contributed by atoms with Crippen LogP contribution in [0.3, 0.4) is 0 Å². The summed E-state index contributed by atoms with van der Waals surface area (Å²) in [5.74, 6) is -0.424. The van der Waals surface area contributed by atoms with Crippen molar-refractivity contribution in [2.45, 2.75) is 19.5 Å². The van der Waals surface area contributed by atoms with Crippen LogP contribution < -0.4 is 5.32 Å². The van der Waals surface area contributed by atoms with Gasteiger partial charge in [0, 0.05) is 17.6 Å². The summed E-state index contributed by atoms with van der Waals surface area (Å²) in [6, 6.07) is 7.35. The number of hydrogen-bond acceptors (Lipinski definition) is 5. The molecule has 1 N–H and O–H groups in total. The standard InChI is InChI=1S/C16H13BrCl2N6O3/c17-11-8-23(22-16(11)25(27)28)6-5-14(26)20-15-13(19)9-24(21-15)7-10-3-1-2-4-12(10)18/h1-4,8-9H,5-7H2,(H,20,21,26). The lowest BCUT2D eigenvalue weighted by Gasteiger charge is -2.04. The average Bonchev–Trinajstić information content (AvgIpc) is 3.18. The first-order valence-electron chi connectivity index (χ1n) is 7.97. The highest BCUT2D eigenvalue weighted by molar-refractivity contribution is 9.10. The number of carbonyl (C=O) groups excluding carboxylic acids is 1. The second-order valence-electron chi connectivity index (χ2n) is 5.73. The van der Waals surface area contributed by atoms with Gasteiger partial charge in [-0.25, -0.2) is 0 Å². The van der Waals surface area contributed by atoms with E-state index in [1.807, 2.05) is 18.2 Å². The lowest BCUT2D eigenvalue weighted by atomic mass is 10.2. The third kappa shape index (κ3) is 4.89. The molecule has 0 aliphatic heterocycles. The van der Waals surface area contributed by atoms with E-state index < -0.39 is 4.92 Å². The number of rotatable bonds is 7. The van der Waals surface area contributed by atoms with Crippen molar-refractivity contribution in [2.24, 2.45) is 0 Å². The molecular formula is C16H13BrCl2N6O3. The molecule has 9 nitrogen and oxygen atoms in total. The molecule has 0 unspecified atom stereocenters. The topological polar surface area (TPSA) is 108 Å². The largest absolute Gasteiger partial charge is 0.404 e. The number of halogens is 3. The maximum atomic E-state index is 12.2. The normalized spacial score (nSPS) is 10.8. The van der Waals surface area contributed by atoms with E-state index in [-0.39, 0.29) is 40.0 Å². The Hall–Kier alpha value is -2.43. The van der Waals surface area contributed by atoms with Crippen LogP contribution in [0.5, 0.6) is 0 Å². The van der Waals surface area contributed by atoms with E-state index in [4.69, 9.17) is 23.2 Å². The van der Waals surface area contributed by atoms with E-state index in [2.05, 4.69) is 31.4 Å². The van der Waals surface area contributed by atoms with Crippen molar-refractivity contribution < 1.29 is 9.72 Å². The molecule has 146 valence electrons. The van der Waals surface area contributed by atoms with Crippen molar-refractivity contribution in [1.29, 1.82) is 0 Å². The minimum absolute atomic E-state index is 0.0407. The smallest absolute Gasteiger partial charge is 0.358 e. The Morgan fingerprint density at radius 1 is 1.18 bits per heavy atom. The molecule has 0 fully saturated rings. The first-order valence-corrected chi connectivity index (χ1v) is 9.52. The van der Waals surface area contributed by atoms with Gasteiger partial charge in [0.05, 0.1) is 24.4 Å². The number of amides is 1. The number of benzene rings is 1. The van der Waals surface area contributed by atoms with Crippen LogP contribution in [0.1, 0.15) is 12.0 Å². The van der Waals surface area contributed by atoms with Crippen LogP contribution in [0, 0.1) is 10.1 Å². The summed E-state index contributed by atoms with van der Waals surface area (Å²) in [5, 5.41) is 22.4. The first kappa shape index (κ1) is 20.3. The fourth-order valence-corrected chi connectivity index (χ4v) is 3.25. The monoisotopic (exact) mass is 486 g/mol. The molecule has 2 aromatic heterocycles. The highest BCUT2D eigenvalue weighted by Crippen LogP contribution is 2.23. The van der Waals surface area contributed by atoms with Gasteiger partial charge in [0.2, 0.25) is 5.91 Å². The zero-order valence-electron chi connectivity index (χ0n) is 14.2. The molecule has 3 rings (SSSR count). The molecular weight excluding hydrogens is 475 g/mol. The Kier molecular flexibility index (Phi) is 6.32. The van der Waals surface area contributed by atoms with Crippen molar-refractivity contribution in [3.8, 4) is 0 Å². The molecule has 0 radical (unpaired) electrons. The van der Waals surface area contributed by atoms with Gasteiger partial charge < -0.3 is 15.4 Å². The van der Waals surface area contributed by atoms with E-state index in [1.165, 1.54) is 10.9 Å². The summed E-state index contributed by atoms with van der Waals surface area (Å²) in [6.07, 6.45) is 3.07. The van der Waals surface area contributed by atoms with Crippen LogP contribution in [-0.2, 0) is 17.9 Å². The van der Waals surface area contributed by atoms with Gasteiger partial charge >= 0.3 is 5.82 Å². The lowest BCUT2D eigenvalue weighted by Crippen LogP contribution is -2.15. The molecule has 12 heteroatoms. The SMILES string of the molecule is O=C(CCn1cc(Br)c([N+](=O)[O-])n1)Nc1nn(Cc2ccccc2Cl)cc1Cl. The van der Waals surface area contributed by atoms with Gasteiger partial charge in [-0.15, -0.1) is 0 Å². The Balaban J connectivity index is 1.60. The number of anilines is 1. The first-order chi connectivity index (χ1) is 13.3. The van der Waals surface area contributed by atoms with E-state index in [1.54, 1.807) is 16.9 Å². The number of nitrogens with zero attached hydrogens (tertiary/aromatic N) is 5. The van der Waals surface area contributed by atoms with Crippen LogP contribution in [-0.4, -0.2) is 30.4 Å². The van der Waals surface area contributed by atoms with Gasteiger partial charge in [-0.3, -0.25) is 9.48 Å². The fraction of sp³-hybridized carbons (Fsp3) is 0.188. The third-order valence-electron chi connectivity index (χ3n) is 3.71. The van der Waals surface area contributed by atoms with Gasteiger partial charge in [0.15, 0.2) is 5.82 Å². The zero-order chi connectivity index (χ0) is 20.3. The van der Waals surface area contributed by atoms with E-state index >= 15 is 0 Å². The molecule has 0 aliphatic rings. The summed E-state index contributed by atoms with van der Waals surface area (Å²) in [6.45, 7) is 0.566. The summed E-state index contributed by atoms with van der Waals surface area (Å²) < 4.78 is 3.14. The Morgan fingerprint density at radius 3 is 2.61 bits per heavy atom.